The summed E-state index contributed by atoms with van der Waals surface area (Å²) in [6, 6.07) is 2.82. The fraction of sp³-hybridized carbons (Fsp3) is 0.583. The van der Waals surface area contributed by atoms with Gasteiger partial charge in [-0.1, -0.05) is 23.7 Å². The van der Waals surface area contributed by atoms with Crippen molar-refractivity contribution in [3.63, 3.8) is 0 Å². The lowest BCUT2D eigenvalue weighted by Gasteiger charge is -2.55. The number of hydrogen-bond acceptors (Lipinski definition) is 12. The highest BCUT2D eigenvalue weighted by molar-refractivity contribution is 6.32. The maximum Gasteiger partial charge on any atom is 0.339 e. The maximum atomic E-state index is 13.6. The van der Waals surface area contributed by atoms with Crippen molar-refractivity contribution >= 4 is 23.4 Å². The highest BCUT2D eigenvalue weighted by atomic mass is 35.5. The van der Waals surface area contributed by atoms with Crippen molar-refractivity contribution in [3.8, 4) is 0 Å². The summed E-state index contributed by atoms with van der Waals surface area (Å²) in [7, 11) is 1.15. The average molecular weight is 539 g/mol. The van der Waals surface area contributed by atoms with Crippen LogP contribution in [0, 0.1) is 0 Å². The van der Waals surface area contributed by atoms with E-state index < -0.39 is 83.3 Å². The molecule has 12 nitrogen and oxygen atoms in total. The van der Waals surface area contributed by atoms with E-state index in [4.69, 9.17) is 35.3 Å². The minimum atomic E-state index is -2.57. The summed E-state index contributed by atoms with van der Waals surface area (Å²) in [4.78, 5) is 26.6. The Labute approximate surface area is 213 Å². The van der Waals surface area contributed by atoms with E-state index in [0.29, 0.717) is 0 Å². The van der Waals surface area contributed by atoms with Crippen molar-refractivity contribution in [2.24, 2.45) is 0 Å². The van der Waals surface area contributed by atoms with Crippen molar-refractivity contribution in [2.45, 2.75) is 72.6 Å². The van der Waals surface area contributed by atoms with Gasteiger partial charge in [-0.05, 0) is 12.5 Å². The van der Waals surface area contributed by atoms with Crippen LogP contribution < -0.4 is 0 Å². The van der Waals surface area contributed by atoms with Gasteiger partial charge in [-0.3, -0.25) is 4.79 Å². The van der Waals surface area contributed by atoms with E-state index in [2.05, 4.69) is 0 Å². The number of Topliss-reactive ketones (excluding diaryl/α,β-unsaturated/α-hetero) is 1. The first-order valence-corrected chi connectivity index (χ1v) is 12.1. The number of ketones is 1. The first kappa shape index (κ1) is 23.9. The number of aliphatic hydroxyl groups is 5. The molecule has 3 aliphatic heterocycles. The summed E-state index contributed by atoms with van der Waals surface area (Å²) >= 11 is 6.76. The van der Waals surface area contributed by atoms with Gasteiger partial charge >= 0.3 is 5.97 Å². The Hall–Kier alpha value is -2.13. The summed E-state index contributed by atoms with van der Waals surface area (Å²) in [5.41, 5.74) is -6.36. The number of esters is 1. The quantitative estimate of drug-likeness (QED) is 0.212. The van der Waals surface area contributed by atoms with Crippen LogP contribution >= 0.6 is 11.6 Å². The highest BCUT2D eigenvalue weighted by Crippen LogP contribution is 2.72. The molecule has 1 saturated carbocycles. The summed E-state index contributed by atoms with van der Waals surface area (Å²) in [5.74, 6) is -4.80. The number of ether oxygens (including phenoxy) is 5. The Morgan fingerprint density at radius 2 is 1.81 bits per heavy atom. The van der Waals surface area contributed by atoms with Crippen LogP contribution in [-0.4, -0.2) is 92.4 Å². The molecular weight excluding hydrogens is 516 g/mol. The largest absolute Gasteiger partial charge is 0.476 e. The van der Waals surface area contributed by atoms with Gasteiger partial charge < -0.3 is 49.2 Å². The third-order valence-corrected chi connectivity index (χ3v) is 9.21. The number of carbonyl (C=O) groups is 2. The first-order chi connectivity index (χ1) is 17.4. The summed E-state index contributed by atoms with van der Waals surface area (Å²) < 4.78 is 28.8. The second kappa shape index (κ2) is 6.89. The maximum absolute atomic E-state index is 13.6. The van der Waals surface area contributed by atoms with Gasteiger partial charge in [0.25, 0.3) is 5.79 Å². The number of carbonyl (C=O) groups excluding carboxylic acids is 2. The van der Waals surface area contributed by atoms with Gasteiger partial charge in [0.05, 0.1) is 11.1 Å². The number of benzene rings is 1. The van der Waals surface area contributed by atoms with Crippen LogP contribution in [0.5, 0.6) is 0 Å². The molecule has 0 radical (unpaired) electrons. The Morgan fingerprint density at radius 3 is 2.51 bits per heavy atom. The molecule has 2 saturated heterocycles. The van der Waals surface area contributed by atoms with Gasteiger partial charge in [-0.15, -0.1) is 0 Å². The Bertz CT molecular complexity index is 1330. The second-order valence-electron chi connectivity index (χ2n) is 10.4. The zero-order valence-corrected chi connectivity index (χ0v) is 20.3. The van der Waals surface area contributed by atoms with E-state index in [1.807, 2.05) is 0 Å². The minimum absolute atomic E-state index is 0.00981. The van der Waals surface area contributed by atoms with Gasteiger partial charge in [0.15, 0.2) is 40.6 Å². The number of cyclic esters (lactones) is 1. The van der Waals surface area contributed by atoms with Crippen molar-refractivity contribution in [2.75, 3.05) is 13.7 Å². The van der Waals surface area contributed by atoms with Crippen molar-refractivity contribution in [1.82, 2.24) is 0 Å². The van der Waals surface area contributed by atoms with Gasteiger partial charge in [0.1, 0.15) is 24.9 Å². The van der Waals surface area contributed by atoms with Crippen molar-refractivity contribution in [1.29, 1.82) is 0 Å². The third-order valence-electron chi connectivity index (χ3n) is 8.80. The fourth-order valence-electron chi connectivity index (χ4n) is 7.15. The number of hydrogen-bond donors (Lipinski definition) is 5. The molecule has 5 bridgehead atoms. The predicted octanol–water partition coefficient (Wildman–Crippen LogP) is -1.22. The van der Waals surface area contributed by atoms with E-state index in [0.717, 1.165) is 7.11 Å². The molecule has 3 heterocycles. The molecule has 13 heteroatoms. The molecule has 0 amide bonds. The molecule has 37 heavy (non-hydrogen) atoms. The number of aliphatic hydroxyl groups excluding tert-OH is 4. The third kappa shape index (κ3) is 2.28. The highest BCUT2D eigenvalue weighted by Gasteiger charge is 2.88. The molecule has 3 fully saturated rings. The van der Waals surface area contributed by atoms with Gasteiger partial charge in [-0.2, -0.15) is 0 Å². The fourth-order valence-corrected chi connectivity index (χ4v) is 7.59. The summed E-state index contributed by atoms with van der Waals surface area (Å²) in [6.45, 7) is 0.728. The summed E-state index contributed by atoms with van der Waals surface area (Å²) in [5, 5.41) is 56.9. The standard InChI is InChI=1S/C24H23ClO12/c1-7-15(29)21-18(33-2)19(31)34-6-10(26)8-3-4-9-13(14(8)25)22-11(27)5-12(28)23(22,16(9)30)35-17(7)24(32,37-22)20(21)36-21/h3-4,10-12,16,18,20,26-28,30,32H,5-6H2,1-2H3/t10-,11+,12+,16+,18-,20+,21+,22+,23+,24+/m0/s1. The topological polar surface area (TPSA) is 185 Å². The molecule has 0 aromatic heterocycles. The second-order valence-corrected chi connectivity index (χ2v) is 10.7. The molecule has 7 rings (SSSR count). The zero-order chi connectivity index (χ0) is 26.4. The van der Waals surface area contributed by atoms with Crippen molar-refractivity contribution < 1.29 is 58.8 Å². The van der Waals surface area contributed by atoms with Gasteiger partial charge in [-0.25, -0.2) is 4.79 Å². The SMILES string of the molecule is CO[C@H]1C(=O)OC[C@H](O)c2ccc3c(c2Cl)[C@@]24O[C@]5(O)C(=C(C)C(=O)[C@@]16O[C@H]65)O[C@]2([C@H](O)C[C@H]4O)[C@@H]3O. The smallest absolute Gasteiger partial charge is 0.339 e. The molecule has 1 aromatic rings. The van der Waals surface area contributed by atoms with Crippen LogP contribution in [0.2, 0.25) is 5.02 Å². The molecule has 3 aliphatic carbocycles. The molecule has 1 aromatic carbocycles. The number of methoxy groups -OCH3 is 1. The monoisotopic (exact) mass is 538 g/mol. The Morgan fingerprint density at radius 1 is 1.11 bits per heavy atom. The van der Waals surface area contributed by atoms with E-state index in [9.17, 15) is 35.1 Å². The lowest BCUT2D eigenvalue weighted by Crippen LogP contribution is -2.70. The Balaban J connectivity index is 1.58. The number of halogens is 1. The van der Waals surface area contributed by atoms with Gasteiger partial charge in [0.2, 0.25) is 0 Å². The molecule has 6 aliphatic rings. The van der Waals surface area contributed by atoms with E-state index in [-0.39, 0.29) is 33.7 Å². The molecule has 1 spiro atoms. The van der Waals surface area contributed by atoms with E-state index in [1.165, 1.54) is 19.1 Å². The minimum Gasteiger partial charge on any atom is -0.476 e. The van der Waals surface area contributed by atoms with Crippen LogP contribution in [0.4, 0.5) is 0 Å². The zero-order valence-electron chi connectivity index (χ0n) is 19.5. The first-order valence-electron chi connectivity index (χ1n) is 11.7. The van der Waals surface area contributed by atoms with Crippen molar-refractivity contribution in [3.05, 3.63) is 45.2 Å². The number of fused-ring (bicyclic) bond motifs is 1. The lowest BCUT2D eigenvalue weighted by atomic mass is 9.75. The molecule has 5 N–H and O–H groups in total. The summed E-state index contributed by atoms with van der Waals surface area (Å²) in [6.07, 6.45) is -9.74. The van der Waals surface area contributed by atoms with Crippen LogP contribution in [0.15, 0.2) is 23.5 Å². The van der Waals surface area contributed by atoms with E-state index >= 15 is 0 Å². The number of epoxide rings is 1. The van der Waals surface area contributed by atoms with Crippen LogP contribution in [-0.2, 0) is 38.9 Å². The Kier molecular flexibility index (Phi) is 4.46. The average Bonchev–Trinajstić information content (AvgIpc) is 3.52. The molecule has 198 valence electrons. The van der Waals surface area contributed by atoms with Crippen LogP contribution in [0.25, 0.3) is 0 Å². The normalized spacial score (nSPS) is 49.1. The lowest BCUT2D eigenvalue weighted by molar-refractivity contribution is -0.387. The van der Waals surface area contributed by atoms with Crippen LogP contribution in [0.1, 0.15) is 42.2 Å². The van der Waals surface area contributed by atoms with Crippen LogP contribution in [0.3, 0.4) is 0 Å². The molecule has 10 atom stereocenters. The van der Waals surface area contributed by atoms with Gasteiger partial charge in [0, 0.05) is 30.2 Å². The molecular formula is C24H23ClO12. The molecule has 0 unspecified atom stereocenters. The predicted molar refractivity (Wildman–Crippen MR) is 117 cm³/mol. The number of rotatable bonds is 1. The van der Waals surface area contributed by atoms with E-state index in [1.54, 1.807) is 0 Å².